The van der Waals surface area contributed by atoms with Gasteiger partial charge in [0.05, 0.1) is 31.1 Å². The molecule has 1 saturated heterocycles. The van der Waals surface area contributed by atoms with Crippen molar-refractivity contribution in [3.8, 4) is 5.75 Å². The number of carbonyl (C=O) groups is 1. The third-order valence-electron chi connectivity index (χ3n) is 4.01. The van der Waals surface area contributed by atoms with Crippen molar-refractivity contribution in [3.05, 3.63) is 63.7 Å². The quantitative estimate of drug-likeness (QED) is 0.834. The Labute approximate surface area is 147 Å². The summed E-state index contributed by atoms with van der Waals surface area (Å²) in [5.41, 5.74) is -0.730. The Kier molecular flexibility index (Phi) is 4.76. The molecular formula is C18H16F3NO4. The molecule has 26 heavy (non-hydrogen) atoms. The number of aryl methyl sites for hydroxylation is 1. The summed E-state index contributed by atoms with van der Waals surface area (Å²) >= 11 is 0. The smallest absolute Gasteiger partial charge is 0.416 e. The van der Waals surface area contributed by atoms with Crippen molar-refractivity contribution in [1.29, 1.82) is 0 Å². The van der Waals surface area contributed by atoms with Crippen LogP contribution < -0.4 is 10.4 Å². The molecule has 0 N–H and O–H groups in total. The predicted octanol–water partition coefficient (Wildman–Crippen LogP) is 2.80. The molecule has 138 valence electrons. The number of benzene rings is 1. The molecule has 1 amide bonds. The van der Waals surface area contributed by atoms with E-state index < -0.39 is 17.4 Å². The molecule has 1 fully saturated rings. The van der Waals surface area contributed by atoms with Gasteiger partial charge in [0.25, 0.3) is 0 Å². The van der Waals surface area contributed by atoms with E-state index in [4.69, 9.17) is 9.15 Å². The maximum atomic E-state index is 12.5. The number of carbonyl (C=O) groups excluding carboxylic acids is 1. The van der Waals surface area contributed by atoms with E-state index in [1.807, 2.05) is 0 Å². The second-order valence-electron chi connectivity index (χ2n) is 6.13. The zero-order valence-electron chi connectivity index (χ0n) is 13.9. The predicted molar refractivity (Wildman–Crippen MR) is 85.9 cm³/mol. The molecule has 1 aliphatic heterocycles. The van der Waals surface area contributed by atoms with Gasteiger partial charge in [-0.1, -0.05) is 12.1 Å². The summed E-state index contributed by atoms with van der Waals surface area (Å²) < 4.78 is 48.0. The lowest BCUT2D eigenvalue weighted by Gasteiger charge is -2.39. The van der Waals surface area contributed by atoms with Crippen molar-refractivity contribution < 1.29 is 27.1 Å². The van der Waals surface area contributed by atoms with E-state index in [2.05, 4.69) is 0 Å². The van der Waals surface area contributed by atoms with Crippen molar-refractivity contribution in [2.45, 2.75) is 25.6 Å². The first-order chi connectivity index (χ1) is 12.2. The van der Waals surface area contributed by atoms with Crippen LogP contribution in [-0.2, 0) is 17.4 Å². The van der Waals surface area contributed by atoms with Gasteiger partial charge in [0.15, 0.2) is 0 Å². The van der Waals surface area contributed by atoms with Crippen molar-refractivity contribution in [3.63, 3.8) is 0 Å². The standard InChI is InChI=1S/C18H16F3NO4/c1-11-6-14(8-17(24)25-11)26-15-9-22(10-15)16(23)7-12-2-4-13(5-3-12)18(19,20)21/h2-6,8,15H,7,9-10H2,1H3. The van der Waals surface area contributed by atoms with Crippen LogP contribution in [0, 0.1) is 6.92 Å². The highest BCUT2D eigenvalue weighted by molar-refractivity contribution is 5.79. The Bertz CT molecular complexity index is 852. The fraction of sp³-hybridized carbons (Fsp3) is 0.333. The van der Waals surface area contributed by atoms with Gasteiger partial charge in [-0.3, -0.25) is 4.79 Å². The highest BCUT2D eigenvalue weighted by atomic mass is 19.4. The molecule has 0 atom stereocenters. The van der Waals surface area contributed by atoms with Crippen molar-refractivity contribution in [1.82, 2.24) is 4.90 Å². The summed E-state index contributed by atoms with van der Waals surface area (Å²) in [7, 11) is 0. The fourth-order valence-electron chi connectivity index (χ4n) is 2.65. The van der Waals surface area contributed by atoms with Crippen LogP contribution in [0.25, 0.3) is 0 Å². The van der Waals surface area contributed by atoms with Gasteiger partial charge < -0.3 is 14.1 Å². The monoisotopic (exact) mass is 367 g/mol. The van der Waals surface area contributed by atoms with Crippen LogP contribution in [0.2, 0.25) is 0 Å². The number of amides is 1. The average Bonchev–Trinajstić information content (AvgIpc) is 2.49. The molecule has 3 rings (SSSR count). The molecule has 8 heteroatoms. The van der Waals surface area contributed by atoms with Crippen molar-refractivity contribution >= 4 is 5.91 Å². The third kappa shape index (κ3) is 4.25. The Morgan fingerprint density at radius 3 is 2.46 bits per heavy atom. The van der Waals surface area contributed by atoms with Gasteiger partial charge >= 0.3 is 11.8 Å². The second-order valence-corrected chi connectivity index (χ2v) is 6.13. The Hall–Kier alpha value is -2.77. The van der Waals surface area contributed by atoms with Crippen LogP contribution in [0.1, 0.15) is 16.9 Å². The molecule has 0 spiro atoms. The maximum Gasteiger partial charge on any atom is 0.416 e. The lowest BCUT2D eigenvalue weighted by molar-refractivity contribution is -0.139. The van der Waals surface area contributed by atoms with E-state index in [-0.39, 0.29) is 18.4 Å². The first-order valence-corrected chi connectivity index (χ1v) is 7.93. The summed E-state index contributed by atoms with van der Waals surface area (Å²) in [5, 5.41) is 0. The minimum Gasteiger partial charge on any atom is -0.486 e. The van der Waals surface area contributed by atoms with Gasteiger partial charge in [0, 0.05) is 6.07 Å². The molecule has 0 radical (unpaired) electrons. The fourth-order valence-corrected chi connectivity index (χ4v) is 2.65. The summed E-state index contributed by atoms with van der Waals surface area (Å²) in [4.78, 5) is 25.0. The van der Waals surface area contributed by atoms with Gasteiger partial charge in [-0.2, -0.15) is 13.2 Å². The third-order valence-corrected chi connectivity index (χ3v) is 4.01. The Balaban J connectivity index is 1.51. The van der Waals surface area contributed by atoms with Crippen molar-refractivity contribution in [2.75, 3.05) is 13.1 Å². The van der Waals surface area contributed by atoms with Crippen LogP contribution in [-0.4, -0.2) is 30.0 Å². The molecule has 0 bridgehead atoms. The number of halogens is 3. The SMILES string of the molecule is Cc1cc(OC2CN(C(=O)Cc3ccc(C(F)(F)F)cc3)C2)cc(=O)o1. The van der Waals surface area contributed by atoms with Crippen LogP contribution in [0.15, 0.2) is 45.6 Å². The van der Waals surface area contributed by atoms with Gasteiger partial charge in [0.2, 0.25) is 5.91 Å². The minimum absolute atomic E-state index is 0.0267. The number of hydrogen-bond acceptors (Lipinski definition) is 4. The second kappa shape index (κ2) is 6.86. The number of hydrogen-bond donors (Lipinski definition) is 0. The zero-order chi connectivity index (χ0) is 18.9. The molecule has 0 aliphatic carbocycles. The first-order valence-electron chi connectivity index (χ1n) is 7.93. The molecule has 1 aromatic carbocycles. The first kappa shape index (κ1) is 18.0. The van der Waals surface area contributed by atoms with Crippen LogP contribution in [0.4, 0.5) is 13.2 Å². The van der Waals surface area contributed by atoms with Crippen LogP contribution in [0.5, 0.6) is 5.75 Å². The molecule has 2 heterocycles. The molecule has 2 aromatic rings. The van der Waals surface area contributed by atoms with Crippen LogP contribution in [0.3, 0.4) is 0 Å². The molecular weight excluding hydrogens is 351 g/mol. The topological polar surface area (TPSA) is 59.8 Å². The van der Waals surface area contributed by atoms with E-state index in [9.17, 15) is 22.8 Å². The van der Waals surface area contributed by atoms with E-state index in [1.54, 1.807) is 17.9 Å². The number of ether oxygens (including phenoxy) is 1. The molecule has 1 aromatic heterocycles. The maximum absolute atomic E-state index is 12.5. The van der Waals surface area contributed by atoms with E-state index in [0.717, 1.165) is 12.1 Å². The number of nitrogens with zero attached hydrogens (tertiary/aromatic N) is 1. The molecule has 0 unspecified atom stereocenters. The van der Waals surface area contributed by atoms with E-state index in [0.29, 0.717) is 30.2 Å². The summed E-state index contributed by atoms with van der Waals surface area (Å²) in [5.74, 6) is 0.633. The number of alkyl halides is 3. The molecule has 1 aliphatic rings. The normalized spacial score (nSPS) is 14.8. The summed E-state index contributed by atoms with van der Waals surface area (Å²) in [6.45, 7) is 2.35. The average molecular weight is 367 g/mol. The zero-order valence-corrected chi connectivity index (χ0v) is 13.9. The van der Waals surface area contributed by atoms with Gasteiger partial charge in [-0.15, -0.1) is 0 Å². The van der Waals surface area contributed by atoms with E-state index in [1.165, 1.54) is 18.2 Å². The molecule has 5 nitrogen and oxygen atoms in total. The van der Waals surface area contributed by atoms with Crippen LogP contribution >= 0.6 is 0 Å². The lowest BCUT2D eigenvalue weighted by atomic mass is 10.1. The van der Waals surface area contributed by atoms with Gasteiger partial charge in [0.1, 0.15) is 17.6 Å². The number of likely N-dealkylation sites (tertiary alicyclic amines) is 1. The Morgan fingerprint density at radius 1 is 1.23 bits per heavy atom. The highest BCUT2D eigenvalue weighted by Gasteiger charge is 2.33. The Morgan fingerprint density at radius 2 is 1.88 bits per heavy atom. The van der Waals surface area contributed by atoms with Gasteiger partial charge in [-0.25, -0.2) is 4.79 Å². The van der Waals surface area contributed by atoms with E-state index >= 15 is 0 Å². The minimum atomic E-state index is -4.39. The highest BCUT2D eigenvalue weighted by Crippen LogP contribution is 2.29. The number of rotatable bonds is 4. The summed E-state index contributed by atoms with van der Waals surface area (Å²) in [6.07, 6.45) is -4.59. The largest absolute Gasteiger partial charge is 0.486 e. The van der Waals surface area contributed by atoms with Gasteiger partial charge in [-0.05, 0) is 24.6 Å². The van der Waals surface area contributed by atoms with Crippen molar-refractivity contribution in [2.24, 2.45) is 0 Å². The summed E-state index contributed by atoms with van der Waals surface area (Å²) in [6, 6.07) is 7.37. The lowest BCUT2D eigenvalue weighted by Crippen LogP contribution is -2.56. The molecule has 0 saturated carbocycles.